The molecule has 7 heteroatoms. The van der Waals surface area contributed by atoms with Crippen LogP contribution in [0.3, 0.4) is 0 Å². The second-order valence-corrected chi connectivity index (χ2v) is 6.13. The average Bonchev–Trinajstić information content (AvgIpc) is 3.18. The lowest BCUT2D eigenvalue weighted by atomic mass is 10.2. The normalized spacial score (nSPS) is 13.5. The maximum absolute atomic E-state index is 14.1. The Labute approximate surface area is 137 Å². The Kier molecular flexibility index (Phi) is 3.41. The van der Waals surface area contributed by atoms with E-state index < -0.39 is 0 Å². The molecule has 0 saturated carbocycles. The standard InChI is InChI=1S/C16H15ClFN5/c1-9-19-16(15-10-4-2-7-14(10)20-21-15)23(22-9)8-11-12(17)5-3-6-13(11)18/h3,5-6H,2,4,7-8H2,1H3,(H,20,21). The third kappa shape index (κ3) is 2.43. The van der Waals surface area contributed by atoms with Gasteiger partial charge in [-0.15, -0.1) is 0 Å². The Morgan fingerprint density at radius 3 is 3.04 bits per heavy atom. The molecule has 23 heavy (non-hydrogen) atoms. The molecule has 118 valence electrons. The molecule has 0 spiro atoms. The topological polar surface area (TPSA) is 59.4 Å². The van der Waals surface area contributed by atoms with Crippen LogP contribution in [0.5, 0.6) is 0 Å². The van der Waals surface area contributed by atoms with E-state index in [0.29, 0.717) is 22.2 Å². The third-order valence-corrected chi connectivity index (χ3v) is 4.52. The molecule has 0 atom stereocenters. The van der Waals surface area contributed by atoms with Gasteiger partial charge in [0.05, 0.1) is 6.54 Å². The van der Waals surface area contributed by atoms with Gasteiger partial charge in [0.2, 0.25) is 0 Å². The zero-order valence-electron chi connectivity index (χ0n) is 12.6. The molecule has 1 aromatic carbocycles. The van der Waals surface area contributed by atoms with E-state index in [4.69, 9.17) is 11.6 Å². The largest absolute Gasteiger partial charge is 0.282 e. The van der Waals surface area contributed by atoms with Crippen molar-refractivity contribution in [2.45, 2.75) is 32.7 Å². The van der Waals surface area contributed by atoms with Crippen LogP contribution in [-0.2, 0) is 19.4 Å². The number of aryl methyl sites for hydroxylation is 2. The highest BCUT2D eigenvalue weighted by atomic mass is 35.5. The van der Waals surface area contributed by atoms with Crippen molar-refractivity contribution in [1.29, 1.82) is 0 Å². The first-order valence-electron chi connectivity index (χ1n) is 7.54. The van der Waals surface area contributed by atoms with Gasteiger partial charge in [-0.3, -0.25) is 5.10 Å². The molecular weight excluding hydrogens is 317 g/mol. The van der Waals surface area contributed by atoms with Crippen molar-refractivity contribution < 1.29 is 4.39 Å². The third-order valence-electron chi connectivity index (χ3n) is 4.17. The Morgan fingerprint density at radius 2 is 2.22 bits per heavy atom. The fourth-order valence-electron chi connectivity index (χ4n) is 3.08. The van der Waals surface area contributed by atoms with E-state index in [1.807, 2.05) is 6.92 Å². The smallest absolute Gasteiger partial charge is 0.179 e. The number of fused-ring (bicyclic) bond motifs is 1. The van der Waals surface area contributed by atoms with Crippen molar-refractivity contribution in [2.24, 2.45) is 0 Å². The second-order valence-electron chi connectivity index (χ2n) is 5.72. The van der Waals surface area contributed by atoms with Crippen LogP contribution in [0.1, 0.15) is 29.1 Å². The van der Waals surface area contributed by atoms with Gasteiger partial charge in [0.1, 0.15) is 17.3 Å². The van der Waals surface area contributed by atoms with E-state index in [1.165, 1.54) is 11.6 Å². The number of rotatable bonds is 3. The molecule has 5 nitrogen and oxygen atoms in total. The summed E-state index contributed by atoms with van der Waals surface area (Å²) < 4.78 is 15.7. The van der Waals surface area contributed by atoms with Crippen molar-refractivity contribution in [3.63, 3.8) is 0 Å². The highest BCUT2D eigenvalue weighted by molar-refractivity contribution is 6.31. The van der Waals surface area contributed by atoms with E-state index in [2.05, 4.69) is 20.3 Å². The molecule has 1 aliphatic carbocycles. The number of H-pyrrole nitrogens is 1. The summed E-state index contributed by atoms with van der Waals surface area (Å²) in [4.78, 5) is 4.49. The van der Waals surface area contributed by atoms with Crippen LogP contribution in [0.4, 0.5) is 4.39 Å². The number of hydrogen-bond donors (Lipinski definition) is 1. The minimum absolute atomic E-state index is 0.226. The van der Waals surface area contributed by atoms with Gasteiger partial charge >= 0.3 is 0 Å². The van der Waals surface area contributed by atoms with E-state index in [0.717, 1.165) is 30.7 Å². The minimum Gasteiger partial charge on any atom is -0.282 e. The second kappa shape index (κ2) is 5.45. The highest BCUT2D eigenvalue weighted by Gasteiger charge is 2.24. The molecule has 0 bridgehead atoms. The van der Waals surface area contributed by atoms with Gasteiger partial charge in [-0.05, 0) is 38.3 Å². The number of nitrogens with one attached hydrogen (secondary N) is 1. The van der Waals surface area contributed by atoms with Gasteiger partial charge in [-0.2, -0.15) is 10.2 Å². The van der Waals surface area contributed by atoms with E-state index in [9.17, 15) is 4.39 Å². The molecule has 1 aliphatic rings. The Morgan fingerprint density at radius 1 is 1.35 bits per heavy atom. The van der Waals surface area contributed by atoms with Crippen LogP contribution in [0.2, 0.25) is 5.02 Å². The van der Waals surface area contributed by atoms with Gasteiger partial charge in [0, 0.05) is 21.8 Å². The zero-order chi connectivity index (χ0) is 16.0. The highest BCUT2D eigenvalue weighted by Crippen LogP contribution is 2.30. The summed E-state index contributed by atoms with van der Waals surface area (Å²) in [5, 5.41) is 12.3. The molecule has 3 aromatic rings. The molecule has 0 amide bonds. The van der Waals surface area contributed by atoms with Crippen molar-refractivity contribution in [1.82, 2.24) is 25.0 Å². The fourth-order valence-corrected chi connectivity index (χ4v) is 3.30. The first-order chi connectivity index (χ1) is 11.1. The van der Waals surface area contributed by atoms with Crippen LogP contribution >= 0.6 is 11.6 Å². The summed E-state index contributed by atoms with van der Waals surface area (Å²) in [7, 11) is 0. The van der Waals surface area contributed by atoms with Gasteiger partial charge in [-0.1, -0.05) is 17.7 Å². The fraction of sp³-hybridized carbons (Fsp3) is 0.312. The van der Waals surface area contributed by atoms with Crippen molar-refractivity contribution in [3.8, 4) is 11.5 Å². The van der Waals surface area contributed by atoms with Crippen LogP contribution < -0.4 is 0 Å². The maximum Gasteiger partial charge on any atom is 0.179 e. The first-order valence-corrected chi connectivity index (χ1v) is 7.92. The number of nitrogens with zero attached hydrogens (tertiary/aromatic N) is 4. The lowest BCUT2D eigenvalue weighted by Gasteiger charge is -2.08. The SMILES string of the molecule is Cc1nc(-c2n[nH]c3c2CCC3)n(Cc2c(F)cccc2Cl)n1. The van der Waals surface area contributed by atoms with Gasteiger partial charge in [0.25, 0.3) is 0 Å². The van der Waals surface area contributed by atoms with Gasteiger partial charge in [0.15, 0.2) is 5.82 Å². The lowest BCUT2D eigenvalue weighted by molar-refractivity contribution is 0.585. The molecule has 2 aromatic heterocycles. The van der Waals surface area contributed by atoms with E-state index in [-0.39, 0.29) is 12.4 Å². The summed E-state index contributed by atoms with van der Waals surface area (Å²) >= 11 is 6.13. The van der Waals surface area contributed by atoms with E-state index in [1.54, 1.807) is 16.8 Å². The predicted octanol–water partition coefficient (Wildman–Crippen LogP) is 3.31. The molecule has 0 saturated heterocycles. The molecule has 0 radical (unpaired) electrons. The van der Waals surface area contributed by atoms with Crippen molar-refractivity contribution >= 4 is 11.6 Å². The molecule has 0 unspecified atom stereocenters. The molecule has 2 heterocycles. The van der Waals surface area contributed by atoms with Crippen LogP contribution in [0.25, 0.3) is 11.5 Å². The monoisotopic (exact) mass is 331 g/mol. The molecule has 0 fully saturated rings. The average molecular weight is 332 g/mol. The summed E-state index contributed by atoms with van der Waals surface area (Å²) in [6.45, 7) is 2.04. The first kappa shape index (κ1) is 14.4. The molecular formula is C16H15ClFN5. The summed E-state index contributed by atoms with van der Waals surface area (Å²) in [6.07, 6.45) is 3.10. The van der Waals surface area contributed by atoms with Crippen LogP contribution in [-0.4, -0.2) is 25.0 Å². The number of hydrogen-bond acceptors (Lipinski definition) is 3. The molecule has 0 aliphatic heterocycles. The number of halogens is 2. The molecule has 4 rings (SSSR count). The van der Waals surface area contributed by atoms with Gasteiger partial charge < -0.3 is 0 Å². The van der Waals surface area contributed by atoms with Crippen molar-refractivity contribution in [3.05, 3.63) is 51.7 Å². The summed E-state index contributed by atoms with van der Waals surface area (Å²) in [5.41, 5.74) is 3.58. The predicted molar refractivity (Wildman–Crippen MR) is 84.9 cm³/mol. The van der Waals surface area contributed by atoms with Crippen LogP contribution in [0.15, 0.2) is 18.2 Å². The zero-order valence-corrected chi connectivity index (χ0v) is 13.4. The summed E-state index contributed by atoms with van der Waals surface area (Å²) in [6, 6.07) is 4.67. The van der Waals surface area contributed by atoms with Crippen LogP contribution in [0, 0.1) is 12.7 Å². The number of benzene rings is 1. The van der Waals surface area contributed by atoms with Gasteiger partial charge in [-0.25, -0.2) is 14.1 Å². The van der Waals surface area contributed by atoms with Crippen molar-refractivity contribution in [2.75, 3.05) is 0 Å². The quantitative estimate of drug-likeness (QED) is 0.801. The van der Waals surface area contributed by atoms with E-state index >= 15 is 0 Å². The lowest BCUT2D eigenvalue weighted by Crippen LogP contribution is -2.07. The Balaban J connectivity index is 1.78. The number of aromatic amines is 1. The maximum atomic E-state index is 14.1. The Bertz CT molecular complexity index is 862. The minimum atomic E-state index is -0.344. The Hall–Kier alpha value is -2.21. The molecule has 1 N–H and O–H groups in total. The number of aromatic nitrogens is 5. The summed E-state index contributed by atoms with van der Waals surface area (Å²) in [5.74, 6) is 0.937.